The molecule has 2 aromatic carbocycles. The van der Waals surface area contributed by atoms with E-state index in [0.29, 0.717) is 11.4 Å². The van der Waals surface area contributed by atoms with Crippen molar-refractivity contribution in [1.29, 1.82) is 0 Å². The van der Waals surface area contributed by atoms with Gasteiger partial charge < -0.3 is 15.4 Å². The van der Waals surface area contributed by atoms with Crippen LogP contribution in [0.4, 0.5) is 17.1 Å². The number of carbonyl (C=O) groups is 2. The Kier molecular flexibility index (Phi) is 6.61. The molecule has 2 N–H and O–H groups in total. The highest BCUT2D eigenvalue weighted by atomic mass is 32.2. The van der Waals surface area contributed by atoms with E-state index in [1.165, 1.54) is 25.3 Å². The molecule has 0 fully saturated rings. The Labute approximate surface area is 157 Å². The van der Waals surface area contributed by atoms with Crippen molar-refractivity contribution in [3.05, 3.63) is 52.6 Å². The van der Waals surface area contributed by atoms with Gasteiger partial charge in [-0.1, -0.05) is 6.07 Å². The largest absolute Gasteiger partial charge is 0.477 e. The molecule has 1 atom stereocenters. The van der Waals surface area contributed by atoms with Crippen LogP contribution < -0.4 is 15.4 Å². The second kappa shape index (κ2) is 8.90. The van der Waals surface area contributed by atoms with Crippen molar-refractivity contribution in [1.82, 2.24) is 0 Å². The van der Waals surface area contributed by atoms with Gasteiger partial charge >= 0.3 is 5.69 Å². The third kappa shape index (κ3) is 5.89. The van der Waals surface area contributed by atoms with Crippen LogP contribution in [0, 0.1) is 10.1 Å². The molecule has 0 saturated heterocycles. The molecule has 27 heavy (non-hydrogen) atoms. The fourth-order valence-corrected chi connectivity index (χ4v) is 2.70. The number of nitro groups is 1. The van der Waals surface area contributed by atoms with Gasteiger partial charge in [-0.25, -0.2) is 0 Å². The molecular formula is C17H17N3O6S. The fourth-order valence-electron chi connectivity index (χ4n) is 2.16. The molecule has 0 aliphatic heterocycles. The Morgan fingerprint density at radius 2 is 1.81 bits per heavy atom. The van der Waals surface area contributed by atoms with E-state index in [1.54, 1.807) is 24.3 Å². The zero-order valence-electron chi connectivity index (χ0n) is 14.6. The Morgan fingerprint density at radius 3 is 2.41 bits per heavy atom. The standard InChI is InChI=1S/C17H17N3O6S/c1-11(21)18-12-4-3-5-13(8-12)19-17(22)10-26-16-7-6-14(27(2)25)9-15(16)20(23)24/h3-9H,10H2,1-2H3,(H,18,21)(H,19,22). The van der Waals surface area contributed by atoms with E-state index in [0.717, 1.165) is 6.07 Å². The van der Waals surface area contributed by atoms with Gasteiger partial charge in [-0.05, 0) is 30.3 Å². The number of nitro benzene ring substituents is 1. The van der Waals surface area contributed by atoms with Crippen molar-refractivity contribution in [2.75, 3.05) is 23.5 Å². The third-order valence-corrected chi connectivity index (χ3v) is 4.20. The molecule has 1 unspecified atom stereocenters. The number of amides is 2. The molecule has 0 aliphatic rings. The summed E-state index contributed by atoms with van der Waals surface area (Å²) in [4.78, 5) is 33.9. The first kappa shape index (κ1) is 20.0. The minimum absolute atomic E-state index is 0.101. The van der Waals surface area contributed by atoms with E-state index in [-0.39, 0.29) is 22.2 Å². The van der Waals surface area contributed by atoms with Crippen LogP contribution in [-0.4, -0.2) is 33.8 Å². The highest BCUT2D eigenvalue weighted by molar-refractivity contribution is 7.84. The minimum atomic E-state index is -1.38. The molecule has 0 aliphatic carbocycles. The average molecular weight is 391 g/mol. The predicted octanol–water partition coefficient (Wildman–Crippen LogP) is 2.31. The van der Waals surface area contributed by atoms with E-state index in [4.69, 9.17) is 4.74 Å². The summed E-state index contributed by atoms with van der Waals surface area (Å²) < 4.78 is 16.7. The summed E-state index contributed by atoms with van der Waals surface area (Å²) in [6.07, 6.45) is 1.40. The van der Waals surface area contributed by atoms with Crippen molar-refractivity contribution in [3.63, 3.8) is 0 Å². The predicted molar refractivity (Wildman–Crippen MR) is 100 cm³/mol. The molecular weight excluding hydrogens is 374 g/mol. The molecule has 0 bridgehead atoms. The number of carbonyl (C=O) groups excluding carboxylic acids is 2. The molecule has 2 rings (SSSR count). The Hall–Kier alpha value is -3.27. The normalized spacial score (nSPS) is 11.3. The van der Waals surface area contributed by atoms with Gasteiger partial charge in [0.15, 0.2) is 12.4 Å². The Morgan fingerprint density at radius 1 is 1.15 bits per heavy atom. The molecule has 2 aromatic rings. The lowest BCUT2D eigenvalue weighted by atomic mass is 10.2. The summed E-state index contributed by atoms with van der Waals surface area (Å²) in [6, 6.07) is 10.4. The van der Waals surface area contributed by atoms with E-state index < -0.39 is 28.2 Å². The Balaban J connectivity index is 2.04. The first-order valence-electron chi connectivity index (χ1n) is 7.68. The van der Waals surface area contributed by atoms with Crippen LogP contribution in [0.3, 0.4) is 0 Å². The summed E-state index contributed by atoms with van der Waals surface area (Å²) in [5.74, 6) is -0.880. The maximum atomic E-state index is 12.0. The van der Waals surface area contributed by atoms with E-state index >= 15 is 0 Å². The van der Waals surface area contributed by atoms with Crippen LogP contribution in [0.25, 0.3) is 0 Å². The van der Waals surface area contributed by atoms with Crippen LogP contribution in [-0.2, 0) is 20.4 Å². The molecule has 0 spiro atoms. The summed E-state index contributed by atoms with van der Waals surface area (Å²) in [6.45, 7) is 0.908. The number of ether oxygens (including phenoxy) is 1. The van der Waals surface area contributed by atoms with E-state index in [1.807, 2.05) is 0 Å². The molecule has 142 valence electrons. The molecule has 0 heterocycles. The smallest absolute Gasteiger partial charge is 0.312 e. The van der Waals surface area contributed by atoms with Crippen LogP contribution in [0.2, 0.25) is 0 Å². The summed E-state index contributed by atoms with van der Waals surface area (Å²) in [5.41, 5.74) is 0.573. The molecule has 0 radical (unpaired) electrons. The number of nitrogens with one attached hydrogen (secondary N) is 2. The zero-order chi connectivity index (χ0) is 20.0. The fraction of sp³-hybridized carbons (Fsp3) is 0.176. The number of rotatable bonds is 7. The lowest BCUT2D eigenvalue weighted by Crippen LogP contribution is -2.20. The van der Waals surface area contributed by atoms with Crippen molar-refractivity contribution in [2.45, 2.75) is 11.8 Å². The summed E-state index contributed by atoms with van der Waals surface area (Å²) in [5, 5.41) is 16.3. The van der Waals surface area contributed by atoms with Crippen LogP contribution in [0.1, 0.15) is 6.92 Å². The highest BCUT2D eigenvalue weighted by Gasteiger charge is 2.18. The van der Waals surface area contributed by atoms with E-state index in [9.17, 15) is 23.9 Å². The quantitative estimate of drug-likeness (QED) is 0.551. The number of nitrogens with zero attached hydrogens (tertiary/aromatic N) is 1. The molecule has 0 saturated carbocycles. The van der Waals surface area contributed by atoms with Gasteiger partial charge in [0.25, 0.3) is 5.91 Å². The maximum Gasteiger partial charge on any atom is 0.312 e. The summed E-state index contributed by atoms with van der Waals surface area (Å²) in [7, 11) is -1.38. The van der Waals surface area contributed by atoms with Crippen LogP contribution >= 0.6 is 0 Å². The van der Waals surface area contributed by atoms with Crippen molar-refractivity contribution >= 4 is 39.7 Å². The first-order chi connectivity index (χ1) is 12.8. The van der Waals surface area contributed by atoms with Gasteiger partial charge in [-0.15, -0.1) is 0 Å². The van der Waals surface area contributed by atoms with Crippen molar-refractivity contribution < 1.29 is 23.5 Å². The number of hydrogen-bond acceptors (Lipinski definition) is 6. The minimum Gasteiger partial charge on any atom is -0.477 e. The van der Waals surface area contributed by atoms with E-state index in [2.05, 4.69) is 10.6 Å². The van der Waals surface area contributed by atoms with Crippen LogP contribution in [0.15, 0.2) is 47.4 Å². The van der Waals surface area contributed by atoms with Crippen LogP contribution in [0.5, 0.6) is 5.75 Å². The van der Waals surface area contributed by atoms with Gasteiger partial charge in [-0.3, -0.25) is 23.9 Å². The lowest BCUT2D eigenvalue weighted by molar-refractivity contribution is -0.386. The SMILES string of the molecule is CC(=O)Nc1cccc(NC(=O)COc2ccc(S(C)=O)cc2[N+](=O)[O-])c1. The average Bonchev–Trinajstić information content (AvgIpc) is 2.59. The van der Waals surface area contributed by atoms with Crippen molar-refractivity contribution in [3.8, 4) is 5.75 Å². The number of anilines is 2. The Bertz CT molecular complexity index is 915. The molecule has 0 aromatic heterocycles. The zero-order valence-corrected chi connectivity index (χ0v) is 15.4. The molecule has 9 nitrogen and oxygen atoms in total. The lowest BCUT2D eigenvalue weighted by Gasteiger charge is -2.10. The molecule has 2 amide bonds. The highest BCUT2D eigenvalue weighted by Crippen LogP contribution is 2.29. The first-order valence-corrected chi connectivity index (χ1v) is 9.24. The monoisotopic (exact) mass is 391 g/mol. The number of benzene rings is 2. The van der Waals surface area contributed by atoms with Gasteiger partial charge in [0.2, 0.25) is 5.91 Å². The second-order valence-electron chi connectivity index (χ2n) is 5.44. The van der Waals surface area contributed by atoms with Gasteiger partial charge in [-0.2, -0.15) is 0 Å². The third-order valence-electron chi connectivity index (χ3n) is 3.28. The van der Waals surface area contributed by atoms with Gasteiger partial charge in [0.05, 0.1) is 15.7 Å². The number of hydrogen-bond donors (Lipinski definition) is 2. The van der Waals surface area contributed by atoms with Gasteiger partial charge in [0, 0.05) is 35.5 Å². The van der Waals surface area contributed by atoms with Crippen molar-refractivity contribution in [2.24, 2.45) is 0 Å². The van der Waals surface area contributed by atoms with Gasteiger partial charge in [0.1, 0.15) is 0 Å². The summed E-state index contributed by atoms with van der Waals surface area (Å²) >= 11 is 0. The topological polar surface area (TPSA) is 128 Å². The second-order valence-corrected chi connectivity index (χ2v) is 6.82. The molecule has 10 heteroatoms. The maximum absolute atomic E-state index is 12.0.